The fourth-order valence-corrected chi connectivity index (χ4v) is 10.9. The van der Waals surface area contributed by atoms with Crippen LogP contribution in [-0.2, 0) is 0 Å². The smallest absolute Gasteiger partial charge is 0.0603 e. The van der Waals surface area contributed by atoms with Crippen LogP contribution in [0.4, 0.5) is 51.2 Å². The molecule has 0 spiro atoms. The Bertz CT molecular complexity index is 3040. The van der Waals surface area contributed by atoms with Gasteiger partial charge in [0.25, 0.3) is 0 Å². The fraction of sp³-hybridized carbons (Fsp3) is 0.0357. The summed E-state index contributed by atoms with van der Waals surface area (Å²) < 4.78 is 0. The van der Waals surface area contributed by atoms with E-state index in [1.54, 1.807) is 0 Å². The number of para-hydroxylation sites is 3. The van der Waals surface area contributed by atoms with Gasteiger partial charge in [-0.2, -0.15) is 0 Å². The van der Waals surface area contributed by atoms with Gasteiger partial charge < -0.3 is 14.7 Å². The fourth-order valence-electron chi connectivity index (χ4n) is 8.72. The topological polar surface area (TPSA) is 9.72 Å². The van der Waals surface area contributed by atoms with Crippen molar-refractivity contribution in [3.05, 3.63) is 223 Å². The normalized spacial score (nSPS) is 12.6. The van der Waals surface area contributed by atoms with Gasteiger partial charge in [-0.3, -0.25) is 0 Å². The van der Waals surface area contributed by atoms with Crippen molar-refractivity contribution in [1.82, 2.24) is 0 Å². The summed E-state index contributed by atoms with van der Waals surface area (Å²) in [5, 5.41) is 0. The van der Waals surface area contributed by atoms with E-state index in [0.29, 0.717) is 0 Å². The van der Waals surface area contributed by atoms with E-state index < -0.39 is 0 Å². The Labute approximate surface area is 366 Å². The van der Waals surface area contributed by atoms with E-state index in [1.807, 2.05) is 23.5 Å². The van der Waals surface area contributed by atoms with Gasteiger partial charge in [-0.25, -0.2) is 0 Å². The molecule has 2 aliphatic rings. The van der Waals surface area contributed by atoms with E-state index >= 15 is 0 Å². The lowest BCUT2D eigenvalue weighted by atomic mass is 10.0. The van der Waals surface area contributed by atoms with Gasteiger partial charge in [0.15, 0.2) is 0 Å². The predicted molar refractivity (Wildman–Crippen MR) is 259 cm³/mol. The number of aryl methyl sites for hydroxylation is 2. The Kier molecular flexibility index (Phi) is 9.49. The molecule has 9 aromatic rings. The van der Waals surface area contributed by atoms with Crippen LogP contribution in [0, 0.1) is 13.8 Å². The largest absolute Gasteiger partial charge is 0.310 e. The first-order chi connectivity index (χ1) is 30.0. The summed E-state index contributed by atoms with van der Waals surface area (Å²) in [6.07, 6.45) is 0. The first-order valence-corrected chi connectivity index (χ1v) is 22.3. The number of anilines is 9. The molecule has 11 rings (SSSR count). The van der Waals surface area contributed by atoms with Crippen LogP contribution in [0.1, 0.15) is 11.1 Å². The van der Waals surface area contributed by atoms with Gasteiger partial charge >= 0.3 is 0 Å². The zero-order valence-corrected chi connectivity index (χ0v) is 35.5. The lowest BCUT2D eigenvalue weighted by Crippen LogP contribution is -2.16. The van der Waals surface area contributed by atoms with Gasteiger partial charge in [0.2, 0.25) is 0 Å². The van der Waals surface area contributed by atoms with Gasteiger partial charge in [-0.05, 0) is 150 Å². The van der Waals surface area contributed by atoms with E-state index in [2.05, 4.69) is 241 Å². The van der Waals surface area contributed by atoms with E-state index in [4.69, 9.17) is 0 Å². The van der Waals surface area contributed by atoms with Crippen molar-refractivity contribution in [1.29, 1.82) is 0 Å². The van der Waals surface area contributed by atoms with Crippen LogP contribution in [-0.4, -0.2) is 0 Å². The Balaban J connectivity index is 0.985. The molecular weight excluding hydrogens is 779 g/mol. The van der Waals surface area contributed by atoms with Gasteiger partial charge in [0.05, 0.1) is 22.7 Å². The van der Waals surface area contributed by atoms with E-state index in [-0.39, 0.29) is 0 Å². The molecule has 0 atom stereocenters. The van der Waals surface area contributed by atoms with Crippen LogP contribution in [0.3, 0.4) is 0 Å². The minimum atomic E-state index is 1.10. The standard InChI is InChI=1S/C56H41N3S2/c1-38-33-39(2)35-48(34-38)59-50-18-10-12-20-54(50)61-56-37-47(30-32-52(56)59)57(45-26-21-41(22-27-45)40-13-5-3-6-14-40)46-28-23-42(24-29-46)43-25-31-51-55(36-43)60-53-19-11-9-17-49(53)58(51)44-15-7-4-8-16-44/h3-37H,1-2H3. The zero-order valence-electron chi connectivity index (χ0n) is 33.9. The highest BCUT2D eigenvalue weighted by molar-refractivity contribution is 8.00. The van der Waals surface area contributed by atoms with Crippen molar-refractivity contribution in [2.75, 3.05) is 14.7 Å². The third-order valence-electron chi connectivity index (χ3n) is 11.5. The molecule has 0 N–H and O–H groups in total. The average molecular weight is 820 g/mol. The molecule has 2 aliphatic heterocycles. The molecule has 61 heavy (non-hydrogen) atoms. The molecule has 0 aliphatic carbocycles. The molecular formula is C56H41N3S2. The molecule has 5 heteroatoms. The molecule has 0 amide bonds. The lowest BCUT2D eigenvalue weighted by Gasteiger charge is -2.34. The van der Waals surface area contributed by atoms with Crippen LogP contribution in [0.5, 0.6) is 0 Å². The molecule has 0 saturated heterocycles. The predicted octanol–water partition coefficient (Wildman–Crippen LogP) is 17.0. The molecule has 0 fully saturated rings. The van der Waals surface area contributed by atoms with Gasteiger partial charge in [0.1, 0.15) is 0 Å². The summed E-state index contributed by atoms with van der Waals surface area (Å²) in [6, 6.07) is 77.4. The summed E-state index contributed by atoms with van der Waals surface area (Å²) in [5.74, 6) is 0. The molecule has 0 radical (unpaired) electrons. The molecule has 9 aromatic carbocycles. The number of benzene rings is 9. The molecule has 0 aromatic heterocycles. The van der Waals surface area contributed by atoms with Crippen LogP contribution < -0.4 is 14.7 Å². The molecule has 0 saturated carbocycles. The number of rotatable bonds is 7. The van der Waals surface area contributed by atoms with Crippen molar-refractivity contribution >= 4 is 74.7 Å². The molecule has 0 unspecified atom stereocenters. The molecule has 3 nitrogen and oxygen atoms in total. The Hall–Kier alpha value is -6.92. The monoisotopic (exact) mass is 819 g/mol. The van der Waals surface area contributed by atoms with Crippen molar-refractivity contribution < 1.29 is 0 Å². The lowest BCUT2D eigenvalue weighted by molar-refractivity contribution is 1.15. The number of fused-ring (bicyclic) bond motifs is 4. The first kappa shape index (κ1) is 37.1. The van der Waals surface area contributed by atoms with E-state index in [9.17, 15) is 0 Å². The summed E-state index contributed by atoms with van der Waals surface area (Å²) in [6.45, 7) is 4.36. The van der Waals surface area contributed by atoms with Crippen molar-refractivity contribution in [2.24, 2.45) is 0 Å². The highest BCUT2D eigenvalue weighted by Gasteiger charge is 2.28. The Morgan fingerprint density at radius 1 is 0.311 bits per heavy atom. The summed E-state index contributed by atoms with van der Waals surface area (Å²) in [5.41, 5.74) is 17.7. The van der Waals surface area contributed by atoms with Gasteiger partial charge in [-0.15, -0.1) is 0 Å². The van der Waals surface area contributed by atoms with Crippen LogP contribution in [0.2, 0.25) is 0 Å². The Morgan fingerprint density at radius 3 is 1.34 bits per heavy atom. The van der Waals surface area contributed by atoms with Crippen LogP contribution >= 0.6 is 23.5 Å². The minimum absolute atomic E-state index is 1.10. The SMILES string of the molecule is Cc1cc(C)cc(N2c3ccccc3Sc3cc(N(c4ccc(-c5ccccc5)cc4)c4ccc(-c5ccc6c(c5)Sc5ccccc5N6c5ccccc5)cc4)ccc32)c1. The van der Waals surface area contributed by atoms with Crippen LogP contribution in [0.25, 0.3) is 22.3 Å². The number of hydrogen-bond acceptors (Lipinski definition) is 5. The summed E-state index contributed by atoms with van der Waals surface area (Å²) >= 11 is 3.69. The average Bonchev–Trinajstić information content (AvgIpc) is 3.30. The minimum Gasteiger partial charge on any atom is -0.310 e. The maximum Gasteiger partial charge on any atom is 0.0603 e. The second kappa shape index (κ2) is 15.6. The van der Waals surface area contributed by atoms with Crippen molar-refractivity contribution in [3.63, 3.8) is 0 Å². The molecule has 292 valence electrons. The van der Waals surface area contributed by atoms with Crippen molar-refractivity contribution in [2.45, 2.75) is 33.4 Å². The maximum absolute atomic E-state index is 2.42. The second-order valence-corrected chi connectivity index (χ2v) is 17.8. The van der Waals surface area contributed by atoms with E-state index in [0.717, 1.165) is 22.7 Å². The molecule has 0 bridgehead atoms. The number of nitrogens with zero attached hydrogens (tertiary/aromatic N) is 3. The highest BCUT2D eigenvalue weighted by atomic mass is 32.2. The van der Waals surface area contributed by atoms with Gasteiger partial charge in [0, 0.05) is 48.0 Å². The first-order valence-electron chi connectivity index (χ1n) is 20.7. The highest BCUT2D eigenvalue weighted by Crippen LogP contribution is 2.54. The molecule has 2 heterocycles. The summed E-state index contributed by atoms with van der Waals surface area (Å²) in [7, 11) is 0. The summed E-state index contributed by atoms with van der Waals surface area (Å²) in [4.78, 5) is 12.2. The van der Waals surface area contributed by atoms with E-state index in [1.165, 1.54) is 81.4 Å². The maximum atomic E-state index is 2.42. The second-order valence-electron chi connectivity index (χ2n) is 15.6. The number of hydrogen-bond donors (Lipinski definition) is 0. The van der Waals surface area contributed by atoms with Crippen molar-refractivity contribution in [3.8, 4) is 22.3 Å². The van der Waals surface area contributed by atoms with Gasteiger partial charge in [-0.1, -0.05) is 133 Å². The third-order valence-corrected chi connectivity index (χ3v) is 13.7. The quantitative estimate of drug-likeness (QED) is 0.158. The van der Waals surface area contributed by atoms with Crippen LogP contribution in [0.15, 0.2) is 232 Å². The zero-order chi connectivity index (χ0) is 40.9. The third kappa shape index (κ3) is 6.96. The Morgan fingerprint density at radius 2 is 0.738 bits per heavy atom.